The molecule has 188 valence electrons. The van der Waals surface area contributed by atoms with Gasteiger partial charge in [0.15, 0.2) is 0 Å². The summed E-state index contributed by atoms with van der Waals surface area (Å²) in [6, 6.07) is 11.3. The third-order valence-corrected chi connectivity index (χ3v) is 8.70. The summed E-state index contributed by atoms with van der Waals surface area (Å²) in [4.78, 5) is 34.0. The molecule has 5 rings (SSSR count). The van der Waals surface area contributed by atoms with Crippen molar-refractivity contribution in [3.05, 3.63) is 68.8 Å². The van der Waals surface area contributed by atoms with Crippen LogP contribution >= 0.6 is 34.7 Å². The fourth-order valence-electron chi connectivity index (χ4n) is 4.49. The van der Waals surface area contributed by atoms with Crippen LogP contribution in [-0.2, 0) is 11.2 Å². The average Bonchev–Trinajstić information content (AvgIpc) is 3.60. The van der Waals surface area contributed by atoms with E-state index >= 15 is 0 Å². The lowest BCUT2D eigenvalue weighted by atomic mass is 10.0. The fourth-order valence-corrected chi connectivity index (χ4v) is 6.81. The number of thioether (sulfide) groups is 1. The van der Waals surface area contributed by atoms with Gasteiger partial charge in [0, 0.05) is 37.0 Å². The first-order valence-corrected chi connectivity index (χ1v) is 13.9. The number of rotatable bonds is 6. The number of hydrogen-bond donors (Lipinski definition) is 1. The van der Waals surface area contributed by atoms with E-state index in [2.05, 4.69) is 16.4 Å². The Morgan fingerprint density at radius 2 is 2.11 bits per heavy atom. The van der Waals surface area contributed by atoms with Crippen molar-refractivity contribution in [3.8, 4) is 16.2 Å². The normalized spacial score (nSPS) is 18.7. The van der Waals surface area contributed by atoms with Crippen molar-refractivity contribution in [2.45, 2.75) is 32.6 Å². The zero-order valence-corrected chi connectivity index (χ0v) is 22.6. The second-order valence-electron chi connectivity index (χ2n) is 8.81. The van der Waals surface area contributed by atoms with E-state index in [1.807, 2.05) is 36.9 Å². The summed E-state index contributed by atoms with van der Waals surface area (Å²) in [5, 5.41) is 4.31. The summed E-state index contributed by atoms with van der Waals surface area (Å²) in [5.41, 5.74) is 3.84. The number of nitrogens with zero attached hydrogens (tertiary/aromatic N) is 2. The van der Waals surface area contributed by atoms with Gasteiger partial charge >= 0.3 is 0 Å². The second kappa shape index (κ2) is 10.4. The van der Waals surface area contributed by atoms with Crippen molar-refractivity contribution in [2.24, 2.45) is 0 Å². The number of benzene rings is 2. The van der Waals surface area contributed by atoms with Crippen LogP contribution in [0, 0.1) is 13.8 Å². The van der Waals surface area contributed by atoms with Crippen molar-refractivity contribution in [1.82, 2.24) is 15.2 Å². The minimum absolute atomic E-state index is 0.108. The highest BCUT2D eigenvalue weighted by molar-refractivity contribution is 7.99. The van der Waals surface area contributed by atoms with Gasteiger partial charge in [0.1, 0.15) is 11.4 Å². The van der Waals surface area contributed by atoms with Crippen LogP contribution in [0.3, 0.4) is 0 Å². The Morgan fingerprint density at radius 3 is 2.89 bits per heavy atom. The van der Waals surface area contributed by atoms with Crippen molar-refractivity contribution in [3.63, 3.8) is 0 Å². The molecular weight excluding hydrogens is 518 g/mol. The van der Waals surface area contributed by atoms with Gasteiger partial charge in [0.2, 0.25) is 6.29 Å². The molecule has 1 saturated heterocycles. The number of ether oxygens (including phenoxy) is 2. The SMILES string of the molecule is COC1Cc2c(C(=O)NC[C@@H]3CSCN3C(=O)c3nc(C)sc3-c3cccc(C)c3)ccc(Cl)c2O1. The van der Waals surface area contributed by atoms with Crippen molar-refractivity contribution < 1.29 is 19.1 Å². The topological polar surface area (TPSA) is 80.8 Å². The maximum Gasteiger partial charge on any atom is 0.275 e. The highest BCUT2D eigenvalue weighted by Crippen LogP contribution is 2.38. The zero-order chi connectivity index (χ0) is 25.4. The third-order valence-electron chi connectivity index (χ3n) is 6.30. The molecule has 0 bridgehead atoms. The Balaban J connectivity index is 1.31. The monoisotopic (exact) mass is 543 g/mol. The van der Waals surface area contributed by atoms with Crippen LogP contribution in [0.5, 0.6) is 5.75 Å². The predicted molar refractivity (Wildman–Crippen MR) is 143 cm³/mol. The van der Waals surface area contributed by atoms with Crippen LogP contribution in [0.4, 0.5) is 0 Å². The molecule has 1 fully saturated rings. The molecule has 1 unspecified atom stereocenters. The van der Waals surface area contributed by atoms with Crippen LogP contribution in [-0.4, -0.2) is 59.3 Å². The van der Waals surface area contributed by atoms with Gasteiger partial charge in [-0.15, -0.1) is 23.1 Å². The highest BCUT2D eigenvalue weighted by Gasteiger charge is 2.34. The van der Waals surface area contributed by atoms with Gasteiger partial charge in [0.05, 0.1) is 26.8 Å². The van der Waals surface area contributed by atoms with Gasteiger partial charge in [-0.05, 0) is 31.5 Å². The van der Waals surface area contributed by atoms with E-state index in [0.29, 0.717) is 40.9 Å². The van der Waals surface area contributed by atoms with Gasteiger partial charge in [-0.1, -0.05) is 41.4 Å². The summed E-state index contributed by atoms with van der Waals surface area (Å²) in [6.07, 6.45) is -0.0146. The summed E-state index contributed by atoms with van der Waals surface area (Å²) >= 11 is 9.46. The van der Waals surface area contributed by atoms with Crippen molar-refractivity contribution >= 4 is 46.5 Å². The number of carbonyl (C=O) groups is 2. The number of amides is 2. The molecule has 7 nitrogen and oxygen atoms in total. The molecule has 2 aliphatic rings. The van der Waals surface area contributed by atoms with E-state index in [9.17, 15) is 9.59 Å². The number of thiazole rings is 1. The Hall–Kier alpha value is -2.59. The van der Waals surface area contributed by atoms with Gasteiger partial charge in [-0.25, -0.2) is 4.98 Å². The lowest BCUT2D eigenvalue weighted by Gasteiger charge is -2.24. The number of aromatic nitrogens is 1. The first kappa shape index (κ1) is 25.1. The second-order valence-corrected chi connectivity index (χ2v) is 11.4. The number of methoxy groups -OCH3 is 1. The van der Waals surface area contributed by atoms with E-state index in [0.717, 1.165) is 32.3 Å². The Morgan fingerprint density at radius 1 is 1.28 bits per heavy atom. The zero-order valence-electron chi connectivity index (χ0n) is 20.2. The number of fused-ring (bicyclic) bond motifs is 1. The van der Waals surface area contributed by atoms with E-state index in [-0.39, 0.29) is 17.9 Å². The quantitative estimate of drug-likeness (QED) is 0.475. The van der Waals surface area contributed by atoms with Crippen LogP contribution < -0.4 is 10.1 Å². The molecule has 0 radical (unpaired) electrons. The lowest BCUT2D eigenvalue weighted by molar-refractivity contribution is -0.0367. The molecule has 3 heterocycles. The lowest BCUT2D eigenvalue weighted by Crippen LogP contribution is -2.44. The molecule has 1 aromatic heterocycles. The number of aryl methyl sites for hydroxylation is 2. The molecule has 2 aliphatic heterocycles. The van der Waals surface area contributed by atoms with Crippen molar-refractivity contribution in [2.75, 3.05) is 25.3 Å². The summed E-state index contributed by atoms with van der Waals surface area (Å²) in [6.45, 7) is 4.29. The first-order valence-electron chi connectivity index (χ1n) is 11.6. The Kier molecular flexibility index (Phi) is 7.25. The van der Waals surface area contributed by atoms with E-state index in [1.165, 1.54) is 11.3 Å². The minimum Gasteiger partial charge on any atom is -0.463 e. The summed E-state index contributed by atoms with van der Waals surface area (Å²) in [5.74, 6) is 1.46. The van der Waals surface area contributed by atoms with Crippen LogP contribution in [0.15, 0.2) is 36.4 Å². The Bertz CT molecular complexity index is 1330. The van der Waals surface area contributed by atoms with Crippen LogP contribution in [0.1, 0.15) is 37.0 Å². The molecule has 0 aliphatic carbocycles. The molecule has 0 spiro atoms. The molecule has 2 atom stereocenters. The van der Waals surface area contributed by atoms with E-state index in [1.54, 1.807) is 31.0 Å². The largest absolute Gasteiger partial charge is 0.463 e. The predicted octanol–water partition coefficient (Wildman–Crippen LogP) is 4.93. The maximum absolute atomic E-state index is 13.6. The number of carbonyl (C=O) groups excluding carboxylic acids is 2. The molecule has 1 N–H and O–H groups in total. The van der Waals surface area contributed by atoms with Gasteiger partial charge in [0.25, 0.3) is 11.8 Å². The van der Waals surface area contributed by atoms with Crippen molar-refractivity contribution in [1.29, 1.82) is 0 Å². The molecular formula is C26H26ClN3O4S2. The summed E-state index contributed by atoms with van der Waals surface area (Å²) in [7, 11) is 1.56. The van der Waals surface area contributed by atoms with E-state index in [4.69, 9.17) is 21.1 Å². The fraction of sp³-hybridized carbons (Fsp3) is 0.346. The molecule has 2 amide bonds. The molecule has 0 saturated carbocycles. The highest BCUT2D eigenvalue weighted by atomic mass is 35.5. The molecule has 2 aromatic carbocycles. The van der Waals surface area contributed by atoms with Gasteiger partial charge in [-0.2, -0.15) is 0 Å². The maximum atomic E-state index is 13.6. The molecule has 3 aromatic rings. The van der Waals surface area contributed by atoms with E-state index < -0.39 is 6.29 Å². The summed E-state index contributed by atoms with van der Waals surface area (Å²) < 4.78 is 11.0. The van der Waals surface area contributed by atoms with Gasteiger partial charge < -0.3 is 19.7 Å². The molecule has 36 heavy (non-hydrogen) atoms. The first-order chi connectivity index (χ1) is 17.4. The third kappa shape index (κ3) is 4.85. The van der Waals surface area contributed by atoms with Crippen LogP contribution in [0.25, 0.3) is 10.4 Å². The van der Waals surface area contributed by atoms with Crippen LogP contribution in [0.2, 0.25) is 5.02 Å². The number of halogens is 1. The number of hydrogen-bond acceptors (Lipinski definition) is 7. The van der Waals surface area contributed by atoms with Gasteiger partial charge in [-0.3, -0.25) is 9.59 Å². The average molecular weight is 544 g/mol. The minimum atomic E-state index is -0.463. The molecule has 10 heteroatoms. The Labute approximate surface area is 223 Å². The number of nitrogens with one attached hydrogen (secondary N) is 1. The standard InChI is InChI=1S/C26H26ClN3O4S2/c1-14-5-4-6-16(9-14)24-22(29-15(2)36-24)26(32)30-13-35-12-17(30)11-28-25(31)18-7-8-20(27)23-19(18)10-21(33-3)34-23/h4-9,17,21H,10-13H2,1-3H3,(H,28,31)/t17-,21?/m1/s1. The smallest absolute Gasteiger partial charge is 0.275 e.